The quantitative estimate of drug-likeness (QED) is 0.425. The molecule has 0 saturated carbocycles. The third kappa shape index (κ3) is 5.37. The Balaban J connectivity index is 0.00000200. The third-order valence-corrected chi connectivity index (χ3v) is 3.69. The molecule has 2 N–H and O–H groups in total. The lowest BCUT2D eigenvalue weighted by Gasteiger charge is -2.47. The van der Waals surface area contributed by atoms with Crippen LogP contribution in [-0.2, 0) is 0 Å². The highest BCUT2D eigenvalue weighted by Gasteiger charge is 2.31. The molecule has 0 radical (unpaired) electrons. The molecule has 20 heavy (non-hydrogen) atoms. The van der Waals surface area contributed by atoms with Crippen molar-refractivity contribution in [3.63, 3.8) is 0 Å². The Labute approximate surface area is 140 Å². The van der Waals surface area contributed by atoms with Crippen LogP contribution < -0.4 is 10.6 Å². The molecule has 0 aromatic heterocycles. The van der Waals surface area contributed by atoms with Crippen LogP contribution in [0, 0.1) is 0 Å². The summed E-state index contributed by atoms with van der Waals surface area (Å²) in [6.07, 6.45) is 0. The van der Waals surface area contributed by atoms with Gasteiger partial charge < -0.3 is 10.6 Å². The topological polar surface area (TPSA) is 42.9 Å². The summed E-state index contributed by atoms with van der Waals surface area (Å²) in [5, 5.41) is 6.78. The minimum absolute atomic E-state index is 0. The molecule has 2 bridgehead atoms. The highest BCUT2D eigenvalue weighted by molar-refractivity contribution is 14.0. The number of piperazine rings is 3. The fourth-order valence-corrected chi connectivity index (χ4v) is 2.76. The molecule has 3 heterocycles. The summed E-state index contributed by atoms with van der Waals surface area (Å²) in [5.74, 6) is 0.938. The summed E-state index contributed by atoms with van der Waals surface area (Å²) in [6.45, 7) is 16.5. The van der Waals surface area contributed by atoms with Gasteiger partial charge in [0.1, 0.15) is 0 Å². The summed E-state index contributed by atoms with van der Waals surface area (Å²) in [5.41, 5.74) is 0.0519. The van der Waals surface area contributed by atoms with Crippen LogP contribution in [0.25, 0.3) is 0 Å². The van der Waals surface area contributed by atoms with Crippen LogP contribution in [-0.4, -0.2) is 73.2 Å². The molecular formula is C14H30IN5. The Morgan fingerprint density at radius 3 is 2.30 bits per heavy atom. The zero-order valence-electron chi connectivity index (χ0n) is 13.3. The molecule has 6 heteroatoms. The monoisotopic (exact) mass is 395 g/mol. The lowest BCUT2D eigenvalue weighted by Crippen LogP contribution is -2.62. The molecule has 1 unspecified atom stereocenters. The Bertz CT molecular complexity index is 318. The van der Waals surface area contributed by atoms with E-state index in [4.69, 9.17) is 4.99 Å². The van der Waals surface area contributed by atoms with E-state index in [0.29, 0.717) is 6.04 Å². The minimum atomic E-state index is 0. The van der Waals surface area contributed by atoms with E-state index in [1.807, 2.05) is 0 Å². The van der Waals surface area contributed by atoms with Crippen LogP contribution >= 0.6 is 24.0 Å². The van der Waals surface area contributed by atoms with Gasteiger partial charge in [-0.3, -0.25) is 14.8 Å². The van der Waals surface area contributed by atoms with Crippen molar-refractivity contribution in [2.75, 3.05) is 45.8 Å². The van der Waals surface area contributed by atoms with Gasteiger partial charge in [0.15, 0.2) is 5.96 Å². The maximum atomic E-state index is 4.77. The molecule has 3 aliphatic heterocycles. The fraction of sp³-hybridized carbons (Fsp3) is 0.929. The number of aliphatic imine (C=N–C) groups is 1. The number of guanidine groups is 1. The number of hydrogen-bond donors (Lipinski definition) is 2. The van der Waals surface area contributed by atoms with E-state index in [1.165, 1.54) is 32.7 Å². The van der Waals surface area contributed by atoms with Crippen molar-refractivity contribution >= 4 is 29.9 Å². The van der Waals surface area contributed by atoms with Gasteiger partial charge in [-0.15, -0.1) is 24.0 Å². The van der Waals surface area contributed by atoms with Crippen molar-refractivity contribution in [2.45, 2.75) is 39.3 Å². The highest BCUT2D eigenvalue weighted by atomic mass is 127. The second-order valence-electron chi connectivity index (χ2n) is 6.59. The summed E-state index contributed by atoms with van der Waals surface area (Å²) in [7, 11) is 0. The normalized spacial score (nSPS) is 29.8. The van der Waals surface area contributed by atoms with Crippen molar-refractivity contribution in [2.24, 2.45) is 4.99 Å². The van der Waals surface area contributed by atoms with Gasteiger partial charge in [0.2, 0.25) is 0 Å². The maximum Gasteiger partial charge on any atom is 0.191 e. The fourth-order valence-electron chi connectivity index (χ4n) is 2.76. The van der Waals surface area contributed by atoms with Crippen molar-refractivity contribution in [1.29, 1.82) is 0 Å². The standard InChI is InChI=1S/C14H29N5.HI/c1-5-15-13(17-14(2,3)4)16-10-12-11-18-6-8-19(12)9-7-18;/h12H,5-11H2,1-4H3,(H2,15,16,17);1H. The lowest BCUT2D eigenvalue weighted by atomic mass is 10.1. The van der Waals surface area contributed by atoms with Gasteiger partial charge in [-0.05, 0) is 27.7 Å². The van der Waals surface area contributed by atoms with Crippen molar-refractivity contribution in [3.8, 4) is 0 Å². The van der Waals surface area contributed by atoms with Crippen LogP contribution in [0.2, 0.25) is 0 Å². The number of nitrogens with zero attached hydrogens (tertiary/aromatic N) is 3. The van der Waals surface area contributed by atoms with Gasteiger partial charge in [-0.25, -0.2) is 0 Å². The van der Waals surface area contributed by atoms with Gasteiger partial charge in [-0.1, -0.05) is 0 Å². The first kappa shape index (κ1) is 18.0. The first-order valence-corrected chi connectivity index (χ1v) is 7.51. The molecule has 0 aliphatic carbocycles. The smallest absolute Gasteiger partial charge is 0.191 e. The number of halogens is 1. The average molecular weight is 395 g/mol. The molecule has 3 rings (SSSR count). The summed E-state index contributed by atoms with van der Waals surface area (Å²) in [4.78, 5) is 9.91. The predicted octanol–water partition coefficient (Wildman–Crippen LogP) is 0.958. The Morgan fingerprint density at radius 2 is 1.85 bits per heavy atom. The van der Waals surface area contributed by atoms with E-state index in [1.54, 1.807) is 0 Å². The van der Waals surface area contributed by atoms with E-state index >= 15 is 0 Å². The second kappa shape index (κ2) is 7.79. The van der Waals surface area contributed by atoms with Gasteiger partial charge >= 0.3 is 0 Å². The Kier molecular flexibility index (Phi) is 7.00. The van der Waals surface area contributed by atoms with E-state index in [0.717, 1.165) is 19.0 Å². The molecule has 0 amide bonds. The van der Waals surface area contributed by atoms with Gasteiger partial charge in [0.05, 0.1) is 6.54 Å². The summed E-state index contributed by atoms with van der Waals surface area (Å²) < 4.78 is 0. The number of nitrogens with one attached hydrogen (secondary N) is 2. The molecule has 5 nitrogen and oxygen atoms in total. The van der Waals surface area contributed by atoms with Crippen LogP contribution in [0.1, 0.15) is 27.7 Å². The third-order valence-electron chi connectivity index (χ3n) is 3.69. The molecule has 3 fully saturated rings. The lowest BCUT2D eigenvalue weighted by molar-refractivity contribution is 0.0174. The molecule has 0 spiro atoms. The van der Waals surface area contributed by atoms with Crippen molar-refractivity contribution in [3.05, 3.63) is 0 Å². The van der Waals surface area contributed by atoms with Crippen molar-refractivity contribution in [1.82, 2.24) is 20.4 Å². The molecule has 118 valence electrons. The van der Waals surface area contributed by atoms with E-state index in [-0.39, 0.29) is 29.5 Å². The molecule has 3 saturated heterocycles. The number of fused-ring (bicyclic) bond motifs is 3. The zero-order valence-corrected chi connectivity index (χ0v) is 15.6. The first-order chi connectivity index (χ1) is 8.98. The maximum absolute atomic E-state index is 4.77. The van der Waals surface area contributed by atoms with Crippen LogP contribution in [0.4, 0.5) is 0 Å². The van der Waals surface area contributed by atoms with Gasteiger partial charge in [0, 0.05) is 50.8 Å². The van der Waals surface area contributed by atoms with Crippen LogP contribution in [0.15, 0.2) is 4.99 Å². The number of rotatable bonds is 3. The van der Waals surface area contributed by atoms with Crippen LogP contribution in [0.3, 0.4) is 0 Å². The highest BCUT2D eigenvalue weighted by Crippen LogP contribution is 2.15. The predicted molar refractivity (Wildman–Crippen MR) is 96.1 cm³/mol. The Hall–Kier alpha value is -0.0800. The zero-order chi connectivity index (χ0) is 13.9. The minimum Gasteiger partial charge on any atom is -0.357 e. The molecule has 0 aromatic carbocycles. The molecule has 3 aliphatic rings. The summed E-state index contributed by atoms with van der Waals surface area (Å²) >= 11 is 0. The molecule has 0 aromatic rings. The second-order valence-corrected chi connectivity index (χ2v) is 6.59. The van der Waals surface area contributed by atoms with E-state index < -0.39 is 0 Å². The summed E-state index contributed by atoms with van der Waals surface area (Å²) in [6, 6.07) is 0.595. The molecular weight excluding hydrogens is 365 g/mol. The largest absolute Gasteiger partial charge is 0.357 e. The Morgan fingerprint density at radius 1 is 1.20 bits per heavy atom. The number of hydrogen-bond acceptors (Lipinski definition) is 3. The first-order valence-electron chi connectivity index (χ1n) is 7.51. The molecule has 1 atom stereocenters. The SMILES string of the molecule is CCNC(=NCC1CN2CCN1CC2)NC(C)(C)C.I. The van der Waals surface area contributed by atoms with Gasteiger partial charge in [0.25, 0.3) is 0 Å². The van der Waals surface area contributed by atoms with Crippen LogP contribution in [0.5, 0.6) is 0 Å². The van der Waals surface area contributed by atoms with E-state index in [2.05, 4.69) is 48.1 Å². The van der Waals surface area contributed by atoms with Gasteiger partial charge in [-0.2, -0.15) is 0 Å². The van der Waals surface area contributed by atoms with Crippen molar-refractivity contribution < 1.29 is 0 Å². The average Bonchev–Trinajstić information content (AvgIpc) is 2.36. The van der Waals surface area contributed by atoms with E-state index in [9.17, 15) is 0 Å².